The maximum Gasteiger partial charge on any atom is 0.165 e. The monoisotopic (exact) mass is 355 g/mol. The van der Waals surface area contributed by atoms with Gasteiger partial charge < -0.3 is 10.1 Å². The number of hydrogen-bond donors (Lipinski definition) is 1. The molecule has 3 rings (SSSR count). The smallest absolute Gasteiger partial charge is 0.165 e. The Morgan fingerprint density at radius 1 is 1.00 bits per heavy atom. The van der Waals surface area contributed by atoms with Gasteiger partial charge in [0.25, 0.3) is 0 Å². The lowest BCUT2D eigenvalue weighted by atomic mass is 10.1. The molecule has 4 heteroatoms. The van der Waals surface area contributed by atoms with Gasteiger partial charge in [-0.15, -0.1) is 0 Å². The number of anilines is 1. The summed E-state index contributed by atoms with van der Waals surface area (Å²) < 4.78 is 20.0. The Labute approximate surface area is 152 Å². The molecule has 3 aromatic carbocycles. The number of benzene rings is 3. The van der Waals surface area contributed by atoms with E-state index in [-0.39, 0.29) is 11.6 Å². The van der Waals surface area contributed by atoms with Crippen molar-refractivity contribution in [1.82, 2.24) is 0 Å². The molecule has 0 spiro atoms. The van der Waals surface area contributed by atoms with Gasteiger partial charge in [0.05, 0.1) is 0 Å². The fourth-order valence-electron chi connectivity index (χ4n) is 2.71. The first-order chi connectivity index (χ1) is 12.1. The topological polar surface area (TPSA) is 21.3 Å². The van der Waals surface area contributed by atoms with Crippen LogP contribution in [0.25, 0.3) is 11.1 Å². The molecule has 0 amide bonds. The molecule has 0 radical (unpaired) electrons. The Morgan fingerprint density at radius 2 is 1.72 bits per heavy atom. The molecule has 0 fully saturated rings. The van der Waals surface area contributed by atoms with Crippen molar-refractivity contribution >= 4 is 17.3 Å². The van der Waals surface area contributed by atoms with Gasteiger partial charge in [0.15, 0.2) is 11.6 Å². The first-order valence-electron chi connectivity index (χ1n) is 8.03. The van der Waals surface area contributed by atoms with E-state index in [9.17, 15) is 4.39 Å². The largest absolute Gasteiger partial charge is 0.486 e. The zero-order valence-corrected chi connectivity index (χ0v) is 14.9. The van der Waals surface area contributed by atoms with Crippen LogP contribution in [0.2, 0.25) is 5.02 Å². The van der Waals surface area contributed by atoms with Crippen LogP contribution in [0.3, 0.4) is 0 Å². The molecule has 128 valence electrons. The summed E-state index contributed by atoms with van der Waals surface area (Å²) >= 11 is 5.93. The zero-order chi connectivity index (χ0) is 17.8. The second-order valence-corrected chi connectivity index (χ2v) is 6.23. The maximum absolute atomic E-state index is 14.2. The molecule has 3 aromatic rings. The van der Waals surface area contributed by atoms with Crippen molar-refractivity contribution in [3.63, 3.8) is 0 Å². The highest BCUT2D eigenvalue weighted by atomic mass is 35.5. The summed E-state index contributed by atoms with van der Waals surface area (Å²) in [7, 11) is 1.86. The fourth-order valence-corrected chi connectivity index (χ4v) is 2.84. The van der Waals surface area contributed by atoms with E-state index in [1.807, 2.05) is 56.4 Å². The molecule has 0 aliphatic carbocycles. The quantitative estimate of drug-likeness (QED) is 0.599. The molecule has 0 atom stereocenters. The summed E-state index contributed by atoms with van der Waals surface area (Å²) in [6, 6.07) is 18.3. The van der Waals surface area contributed by atoms with Gasteiger partial charge in [-0.1, -0.05) is 41.9 Å². The highest BCUT2D eigenvalue weighted by molar-refractivity contribution is 6.30. The lowest BCUT2D eigenvalue weighted by molar-refractivity contribution is 0.290. The third-order valence-electron chi connectivity index (χ3n) is 4.16. The first kappa shape index (κ1) is 17.3. The number of ether oxygens (including phenoxy) is 1. The minimum absolute atomic E-state index is 0.234. The zero-order valence-electron chi connectivity index (χ0n) is 14.1. The molecule has 0 aromatic heterocycles. The van der Waals surface area contributed by atoms with Crippen LogP contribution in [0.15, 0.2) is 60.7 Å². The Balaban J connectivity index is 1.86. The molecule has 0 aliphatic rings. The van der Waals surface area contributed by atoms with Crippen molar-refractivity contribution in [3.8, 4) is 16.9 Å². The number of halogens is 2. The summed E-state index contributed by atoms with van der Waals surface area (Å²) in [5.41, 5.74) is 4.93. The van der Waals surface area contributed by atoms with Crippen molar-refractivity contribution in [2.45, 2.75) is 13.5 Å². The van der Waals surface area contributed by atoms with E-state index < -0.39 is 0 Å². The van der Waals surface area contributed by atoms with Gasteiger partial charge in [0, 0.05) is 23.3 Å². The third-order valence-corrected chi connectivity index (χ3v) is 4.41. The fraction of sp³-hybridized carbons (Fsp3) is 0.143. The standard InChI is InChI=1S/C21H19ClFNO/c1-14-4-3-5-20(24-2)18(14)13-25-21-12-16(8-11-19(21)23)15-6-9-17(22)10-7-15/h3-12,24H,13H2,1-2H3. The van der Waals surface area contributed by atoms with E-state index >= 15 is 0 Å². The highest BCUT2D eigenvalue weighted by Gasteiger charge is 2.10. The van der Waals surface area contributed by atoms with E-state index in [4.69, 9.17) is 16.3 Å². The average molecular weight is 356 g/mol. The molecule has 0 unspecified atom stereocenters. The predicted octanol–water partition coefficient (Wildman–Crippen LogP) is 6.08. The van der Waals surface area contributed by atoms with Gasteiger partial charge in [-0.25, -0.2) is 4.39 Å². The number of aryl methyl sites for hydroxylation is 1. The van der Waals surface area contributed by atoms with Gasteiger partial charge in [-0.2, -0.15) is 0 Å². The van der Waals surface area contributed by atoms with Crippen molar-refractivity contribution in [2.24, 2.45) is 0 Å². The van der Waals surface area contributed by atoms with Crippen molar-refractivity contribution in [1.29, 1.82) is 0 Å². The Bertz CT molecular complexity index is 878. The van der Waals surface area contributed by atoms with Gasteiger partial charge in [-0.05, 0) is 53.9 Å². The van der Waals surface area contributed by atoms with Crippen molar-refractivity contribution in [2.75, 3.05) is 12.4 Å². The normalized spacial score (nSPS) is 10.6. The Kier molecular flexibility index (Phi) is 5.25. The second-order valence-electron chi connectivity index (χ2n) is 5.79. The molecule has 25 heavy (non-hydrogen) atoms. The number of nitrogens with one attached hydrogen (secondary N) is 1. The van der Waals surface area contributed by atoms with Gasteiger partial charge >= 0.3 is 0 Å². The second kappa shape index (κ2) is 7.58. The third kappa shape index (κ3) is 3.94. The molecule has 0 heterocycles. The molecule has 0 aliphatic heterocycles. The Morgan fingerprint density at radius 3 is 2.44 bits per heavy atom. The van der Waals surface area contributed by atoms with Gasteiger partial charge in [-0.3, -0.25) is 0 Å². The molecule has 0 saturated heterocycles. The van der Waals surface area contributed by atoms with Crippen molar-refractivity contribution < 1.29 is 9.13 Å². The van der Waals surface area contributed by atoms with Crippen LogP contribution in [0, 0.1) is 12.7 Å². The molecule has 0 saturated carbocycles. The van der Waals surface area contributed by atoms with E-state index in [0.717, 1.165) is 27.9 Å². The molecule has 2 nitrogen and oxygen atoms in total. The predicted molar refractivity (Wildman–Crippen MR) is 102 cm³/mol. The summed E-state index contributed by atoms with van der Waals surface area (Å²) in [6.07, 6.45) is 0. The summed E-state index contributed by atoms with van der Waals surface area (Å²) in [4.78, 5) is 0. The SMILES string of the molecule is CNc1cccc(C)c1COc1cc(-c2ccc(Cl)cc2)ccc1F. The molecular weight excluding hydrogens is 337 g/mol. The maximum atomic E-state index is 14.2. The molecular formula is C21H19ClFNO. The summed E-state index contributed by atoms with van der Waals surface area (Å²) in [5, 5.41) is 3.81. The lowest BCUT2D eigenvalue weighted by Gasteiger charge is -2.14. The number of rotatable bonds is 5. The van der Waals surface area contributed by atoms with Crippen LogP contribution in [0.5, 0.6) is 5.75 Å². The van der Waals surface area contributed by atoms with Crippen LogP contribution in [0.1, 0.15) is 11.1 Å². The van der Waals surface area contributed by atoms with Crippen LogP contribution < -0.4 is 10.1 Å². The number of hydrogen-bond acceptors (Lipinski definition) is 2. The molecule has 1 N–H and O–H groups in total. The van der Waals surface area contributed by atoms with Gasteiger partial charge in [0.2, 0.25) is 0 Å². The van der Waals surface area contributed by atoms with E-state index in [0.29, 0.717) is 11.6 Å². The highest BCUT2D eigenvalue weighted by Crippen LogP contribution is 2.29. The van der Waals surface area contributed by atoms with Crippen LogP contribution in [0.4, 0.5) is 10.1 Å². The lowest BCUT2D eigenvalue weighted by Crippen LogP contribution is -2.04. The van der Waals surface area contributed by atoms with Crippen LogP contribution in [-0.2, 0) is 6.61 Å². The van der Waals surface area contributed by atoms with E-state index in [1.165, 1.54) is 6.07 Å². The minimum Gasteiger partial charge on any atom is -0.486 e. The minimum atomic E-state index is -0.377. The van der Waals surface area contributed by atoms with Crippen molar-refractivity contribution in [3.05, 3.63) is 82.6 Å². The summed E-state index contributed by atoms with van der Waals surface area (Å²) in [5.74, 6) is -0.143. The Hall–Kier alpha value is -2.52. The summed E-state index contributed by atoms with van der Waals surface area (Å²) in [6.45, 7) is 2.31. The average Bonchev–Trinajstić information content (AvgIpc) is 2.62. The van der Waals surface area contributed by atoms with Crippen LogP contribution in [-0.4, -0.2) is 7.05 Å². The van der Waals surface area contributed by atoms with Gasteiger partial charge in [0.1, 0.15) is 6.61 Å². The van der Waals surface area contributed by atoms with E-state index in [2.05, 4.69) is 5.32 Å². The first-order valence-corrected chi connectivity index (χ1v) is 8.41. The van der Waals surface area contributed by atoms with Crippen LogP contribution >= 0.6 is 11.6 Å². The molecule has 0 bridgehead atoms. The van der Waals surface area contributed by atoms with E-state index in [1.54, 1.807) is 12.1 Å².